The van der Waals surface area contributed by atoms with Gasteiger partial charge in [-0.15, -0.1) is 17.9 Å². The number of ether oxygens (including phenoxy) is 2. The van der Waals surface area contributed by atoms with E-state index in [2.05, 4.69) is 27.9 Å². The van der Waals surface area contributed by atoms with Crippen LogP contribution in [0.15, 0.2) is 12.1 Å². The summed E-state index contributed by atoms with van der Waals surface area (Å²) in [5, 5.41) is 4.94. The molecule has 0 radical (unpaired) electrons. The summed E-state index contributed by atoms with van der Waals surface area (Å²) in [6.45, 7) is 2.67. The Morgan fingerprint density at radius 3 is 2.78 bits per heavy atom. The number of benzene rings is 1. The lowest BCUT2D eigenvalue weighted by atomic mass is 10.1. The van der Waals surface area contributed by atoms with E-state index < -0.39 is 5.82 Å². The number of amides is 1. The maximum absolute atomic E-state index is 14.2. The molecule has 1 fully saturated rings. The molecule has 3 aromatic rings. The number of aryl methyl sites for hydroxylation is 1. The van der Waals surface area contributed by atoms with Gasteiger partial charge in [0.1, 0.15) is 6.10 Å². The Morgan fingerprint density at radius 2 is 2.16 bits per heavy atom. The summed E-state index contributed by atoms with van der Waals surface area (Å²) in [5.74, 6) is 0.389. The van der Waals surface area contributed by atoms with E-state index in [0.717, 1.165) is 19.3 Å². The van der Waals surface area contributed by atoms with Gasteiger partial charge in [0.15, 0.2) is 23.0 Å². The average Bonchev–Trinajstić information content (AvgIpc) is 3.18. The molecule has 1 aliphatic rings. The molecule has 1 unspecified atom stereocenters. The molecule has 10 heteroatoms. The van der Waals surface area contributed by atoms with Crippen LogP contribution in [0.1, 0.15) is 32.0 Å². The molecule has 0 saturated carbocycles. The van der Waals surface area contributed by atoms with Crippen LogP contribution in [0.2, 0.25) is 0 Å². The molecule has 2 N–H and O–H groups in total. The number of rotatable bonds is 7. The number of hydrogen-bond acceptors (Lipinski definition) is 7. The van der Waals surface area contributed by atoms with E-state index in [-0.39, 0.29) is 29.8 Å². The number of methoxy groups -OCH3 is 1. The van der Waals surface area contributed by atoms with Crippen LogP contribution in [0, 0.1) is 18.7 Å². The van der Waals surface area contributed by atoms with Crippen molar-refractivity contribution in [3.05, 3.63) is 23.8 Å². The third kappa shape index (κ3) is 4.43. The highest BCUT2D eigenvalue weighted by Gasteiger charge is 2.30. The predicted molar refractivity (Wildman–Crippen MR) is 119 cm³/mol. The van der Waals surface area contributed by atoms with Crippen molar-refractivity contribution >= 4 is 28.4 Å². The van der Waals surface area contributed by atoms with E-state index >= 15 is 0 Å². The quantitative estimate of drug-likeness (QED) is 0.559. The van der Waals surface area contributed by atoms with E-state index in [0.29, 0.717) is 35.4 Å². The number of terminal acetylenes is 1. The molecule has 3 heterocycles. The highest BCUT2D eigenvalue weighted by molar-refractivity contribution is 5.93. The molecular weight excluding hydrogens is 415 g/mol. The zero-order valence-electron chi connectivity index (χ0n) is 18.4. The molecule has 1 aromatic carbocycles. The third-order valence-corrected chi connectivity index (χ3v) is 5.62. The van der Waals surface area contributed by atoms with Gasteiger partial charge in [-0.25, -0.2) is 14.4 Å². The number of anilines is 1. The van der Waals surface area contributed by atoms with Gasteiger partial charge in [0.05, 0.1) is 19.2 Å². The molecule has 1 saturated heterocycles. The van der Waals surface area contributed by atoms with Gasteiger partial charge in [0.25, 0.3) is 5.91 Å². The van der Waals surface area contributed by atoms with Gasteiger partial charge in [-0.3, -0.25) is 4.79 Å². The Kier molecular flexibility index (Phi) is 7.10. The van der Waals surface area contributed by atoms with Crippen molar-refractivity contribution in [2.24, 2.45) is 0 Å². The third-order valence-electron chi connectivity index (χ3n) is 5.62. The van der Waals surface area contributed by atoms with E-state index in [9.17, 15) is 9.18 Å². The maximum Gasteiger partial charge on any atom is 0.251 e. The molecule has 4 rings (SSSR count). The lowest BCUT2D eigenvalue weighted by molar-refractivity contribution is -0.156. The zero-order valence-corrected chi connectivity index (χ0v) is 18.4. The normalized spacial score (nSPS) is 16.1. The molecule has 1 aliphatic heterocycles. The van der Waals surface area contributed by atoms with Crippen LogP contribution >= 0.6 is 0 Å². The minimum absolute atomic E-state index is 0.0300. The number of aromatic nitrogens is 4. The van der Waals surface area contributed by atoms with Crippen LogP contribution in [0.4, 0.5) is 10.3 Å². The predicted octanol–water partition coefficient (Wildman–Crippen LogP) is 2.22. The first kappa shape index (κ1) is 23.2. The highest BCUT2D eigenvalue weighted by atomic mass is 19.1. The van der Waals surface area contributed by atoms with Gasteiger partial charge in [0, 0.05) is 37.4 Å². The number of carbonyl (C=O) groups excluding carboxylic acids is 1. The van der Waals surface area contributed by atoms with Crippen molar-refractivity contribution in [1.29, 1.82) is 0 Å². The van der Waals surface area contributed by atoms with Crippen molar-refractivity contribution in [2.75, 3.05) is 26.5 Å². The number of carbonyl (C=O) groups is 1. The number of nitrogen functional groups attached to an aromatic ring is 1. The largest absolute Gasteiger partial charge is 0.494 e. The molecule has 2 aromatic heterocycles. The van der Waals surface area contributed by atoms with Gasteiger partial charge in [0.2, 0.25) is 5.95 Å². The van der Waals surface area contributed by atoms with Gasteiger partial charge in [-0.05, 0) is 25.8 Å². The Hall–Kier alpha value is -3.45. The van der Waals surface area contributed by atoms with Crippen molar-refractivity contribution in [3.8, 4) is 18.6 Å². The second kappa shape index (κ2) is 9.78. The lowest BCUT2D eigenvalue weighted by Crippen LogP contribution is -2.47. The molecular formula is C22H27FN6O3. The fourth-order valence-corrected chi connectivity index (χ4v) is 3.56. The second-order valence-corrected chi connectivity index (χ2v) is 7.58. The molecule has 1 amide bonds. The number of hydrogen-bond donors (Lipinski definition) is 1. The molecule has 2 atom stereocenters. The fraction of sp³-hybridized carbons (Fsp3) is 0.455. The SMILES string of the molecule is C#C.COc1cc2nc(N)n3nc(CCC[C@H](C)N(C)C(=O)C4CCO4)nc3c2cc1F. The number of nitrogens with two attached hydrogens (primary N) is 1. The Labute approximate surface area is 185 Å². The van der Waals surface area contributed by atoms with E-state index in [1.165, 1.54) is 23.8 Å². The first-order valence-corrected chi connectivity index (χ1v) is 10.3. The standard InChI is InChI=1S/C20H25FN6O3.C2H2/c1-11(26(2)19(28)15-7-8-30-15)5-4-6-17-24-18-12-9-13(21)16(29-3)10-14(12)23-20(22)27(18)25-17;1-2/h9-11,15H,4-8H2,1-3H3,(H2,22,23);1-2H/t11-,15?;/m0./s1. The van der Waals surface area contributed by atoms with Crippen LogP contribution < -0.4 is 10.5 Å². The summed E-state index contributed by atoms with van der Waals surface area (Å²) >= 11 is 0. The minimum atomic E-state index is -0.500. The average molecular weight is 442 g/mol. The van der Waals surface area contributed by atoms with Gasteiger partial charge in [-0.2, -0.15) is 4.52 Å². The summed E-state index contributed by atoms with van der Waals surface area (Å²) in [6, 6.07) is 2.91. The van der Waals surface area contributed by atoms with Gasteiger partial charge < -0.3 is 20.1 Å². The molecule has 0 aliphatic carbocycles. The number of halogens is 1. The summed E-state index contributed by atoms with van der Waals surface area (Å²) in [6.07, 6.45) is 10.7. The Morgan fingerprint density at radius 1 is 1.44 bits per heavy atom. The number of fused-ring (bicyclic) bond motifs is 3. The zero-order chi connectivity index (χ0) is 23.4. The van der Waals surface area contributed by atoms with E-state index in [1.54, 1.807) is 11.9 Å². The smallest absolute Gasteiger partial charge is 0.251 e. The molecule has 0 spiro atoms. The van der Waals surface area contributed by atoms with E-state index in [1.807, 2.05) is 6.92 Å². The number of nitrogens with zero attached hydrogens (tertiary/aromatic N) is 5. The summed E-state index contributed by atoms with van der Waals surface area (Å²) in [4.78, 5) is 22.8. The fourth-order valence-electron chi connectivity index (χ4n) is 3.56. The molecule has 170 valence electrons. The van der Waals surface area contributed by atoms with Gasteiger partial charge in [-0.1, -0.05) is 0 Å². The Bertz CT molecular complexity index is 1140. The van der Waals surface area contributed by atoms with Crippen LogP contribution in [0.3, 0.4) is 0 Å². The van der Waals surface area contributed by atoms with Crippen LogP contribution in [0.25, 0.3) is 16.6 Å². The van der Waals surface area contributed by atoms with Crippen LogP contribution in [0.5, 0.6) is 5.75 Å². The Balaban J connectivity index is 0.00000141. The van der Waals surface area contributed by atoms with Crippen molar-refractivity contribution in [2.45, 2.75) is 44.8 Å². The van der Waals surface area contributed by atoms with Crippen molar-refractivity contribution in [3.63, 3.8) is 0 Å². The monoisotopic (exact) mass is 442 g/mol. The molecule has 9 nitrogen and oxygen atoms in total. The topological polar surface area (TPSA) is 108 Å². The highest BCUT2D eigenvalue weighted by Crippen LogP contribution is 2.27. The second-order valence-electron chi connectivity index (χ2n) is 7.58. The van der Waals surface area contributed by atoms with Crippen LogP contribution in [-0.4, -0.2) is 63.3 Å². The van der Waals surface area contributed by atoms with Crippen LogP contribution in [-0.2, 0) is 16.0 Å². The van der Waals surface area contributed by atoms with E-state index in [4.69, 9.17) is 15.2 Å². The molecule has 0 bridgehead atoms. The lowest BCUT2D eigenvalue weighted by Gasteiger charge is -2.33. The summed E-state index contributed by atoms with van der Waals surface area (Å²) in [5.41, 5.74) is 6.97. The van der Waals surface area contributed by atoms with Gasteiger partial charge >= 0.3 is 0 Å². The number of likely N-dealkylation sites (N-methyl/N-ethyl adjacent to an activating group) is 1. The first-order chi connectivity index (χ1) is 15.4. The first-order valence-electron chi connectivity index (χ1n) is 10.3. The summed E-state index contributed by atoms with van der Waals surface area (Å²) < 4.78 is 25.9. The van der Waals surface area contributed by atoms with Crippen molar-refractivity contribution < 1.29 is 18.7 Å². The summed E-state index contributed by atoms with van der Waals surface area (Å²) in [7, 11) is 3.20. The van der Waals surface area contributed by atoms with Crippen molar-refractivity contribution in [1.82, 2.24) is 24.5 Å². The maximum atomic E-state index is 14.2. The minimum Gasteiger partial charge on any atom is -0.494 e. The molecule has 32 heavy (non-hydrogen) atoms.